The molecular weight excluding hydrogens is 397 g/mol. The number of hydrogen-bond donors (Lipinski definition) is 2. The Labute approximate surface area is 181 Å². The summed E-state index contributed by atoms with van der Waals surface area (Å²) in [7, 11) is 0. The third-order valence-corrected chi connectivity index (χ3v) is 7.29. The van der Waals surface area contributed by atoms with Crippen molar-refractivity contribution in [3.05, 3.63) is 36.3 Å². The topological polar surface area (TPSA) is 85.0 Å². The first-order valence-electron chi connectivity index (χ1n) is 11.1. The van der Waals surface area contributed by atoms with E-state index in [1.165, 1.54) is 0 Å². The monoisotopic (exact) mass is 427 g/mol. The molecular formula is C23H30FN5O2. The van der Waals surface area contributed by atoms with Gasteiger partial charge in [0.25, 0.3) is 5.91 Å². The zero-order valence-electron chi connectivity index (χ0n) is 18.0. The number of allylic oxidation sites excluding steroid dienone is 1. The molecule has 0 saturated heterocycles. The third-order valence-electron chi connectivity index (χ3n) is 7.29. The Kier molecular flexibility index (Phi) is 4.80. The van der Waals surface area contributed by atoms with Crippen molar-refractivity contribution in [2.75, 3.05) is 6.67 Å². The number of aliphatic hydroxyl groups is 1. The van der Waals surface area contributed by atoms with Crippen LogP contribution in [0.2, 0.25) is 0 Å². The largest absolute Gasteiger partial charge is 0.390 e. The van der Waals surface area contributed by atoms with Gasteiger partial charge in [-0.25, -0.2) is 9.36 Å². The first-order chi connectivity index (χ1) is 14.8. The van der Waals surface area contributed by atoms with Crippen molar-refractivity contribution in [3.8, 4) is 5.82 Å². The molecule has 4 fully saturated rings. The van der Waals surface area contributed by atoms with E-state index in [9.17, 15) is 14.3 Å². The average molecular weight is 428 g/mol. The maximum absolute atomic E-state index is 13.4. The van der Waals surface area contributed by atoms with Crippen molar-refractivity contribution in [2.24, 2.45) is 23.2 Å². The summed E-state index contributed by atoms with van der Waals surface area (Å²) in [5, 5.41) is 22.7. The number of nitrogens with one attached hydrogen (secondary N) is 1. The third kappa shape index (κ3) is 3.71. The average Bonchev–Trinajstić information content (AvgIpc) is 3.37. The van der Waals surface area contributed by atoms with Crippen LogP contribution in [0.5, 0.6) is 0 Å². The highest BCUT2D eigenvalue weighted by Crippen LogP contribution is 2.55. The van der Waals surface area contributed by atoms with E-state index in [1.54, 1.807) is 60.1 Å². The van der Waals surface area contributed by atoms with Crippen molar-refractivity contribution in [3.63, 3.8) is 0 Å². The van der Waals surface area contributed by atoms with Gasteiger partial charge in [0.2, 0.25) is 0 Å². The Bertz CT molecular complexity index is 980. The number of aromatic nitrogens is 4. The van der Waals surface area contributed by atoms with Gasteiger partial charge in [-0.1, -0.05) is 19.9 Å². The number of nitrogens with zero attached hydrogens (tertiary/aromatic N) is 4. The fourth-order valence-electron chi connectivity index (χ4n) is 6.01. The smallest absolute Gasteiger partial charge is 0.257 e. The fraction of sp³-hybridized carbons (Fsp3) is 0.609. The van der Waals surface area contributed by atoms with E-state index < -0.39 is 17.7 Å². The first-order valence-corrected chi connectivity index (χ1v) is 11.1. The van der Waals surface area contributed by atoms with E-state index in [0.717, 1.165) is 32.1 Å². The van der Waals surface area contributed by atoms with Crippen molar-refractivity contribution in [2.45, 2.75) is 57.6 Å². The van der Waals surface area contributed by atoms with E-state index in [4.69, 9.17) is 0 Å². The second kappa shape index (κ2) is 7.29. The van der Waals surface area contributed by atoms with E-state index in [2.05, 4.69) is 15.5 Å². The zero-order chi connectivity index (χ0) is 21.8. The molecule has 1 amide bonds. The summed E-state index contributed by atoms with van der Waals surface area (Å²) in [5.74, 6) is 1.58. The minimum atomic E-state index is -0.629. The standard InChI is InChI=1S/C23H30FN5O2/c1-22(2,14-24)4-7-29-21(28-6-3-5-25-28)18(13-26-29)20(30)27-19-16-8-15-9-17(19)12-23(31,10-15)11-16/h3-7,13,15-17,19,31H,8-12,14H2,1-2H3,(H,27,30)/b7-4+. The lowest BCUT2D eigenvalue weighted by molar-refractivity contribution is -0.136. The van der Waals surface area contributed by atoms with Gasteiger partial charge in [-0.05, 0) is 55.9 Å². The molecule has 2 atom stereocenters. The molecule has 8 heteroatoms. The minimum Gasteiger partial charge on any atom is -0.390 e. The predicted molar refractivity (Wildman–Crippen MR) is 114 cm³/mol. The summed E-state index contributed by atoms with van der Waals surface area (Å²) in [4.78, 5) is 13.4. The molecule has 166 valence electrons. The maximum atomic E-state index is 13.4. The highest BCUT2D eigenvalue weighted by atomic mass is 19.1. The molecule has 4 saturated carbocycles. The molecule has 0 spiro atoms. The van der Waals surface area contributed by atoms with E-state index in [1.807, 2.05) is 0 Å². The van der Waals surface area contributed by atoms with Gasteiger partial charge >= 0.3 is 0 Å². The van der Waals surface area contributed by atoms with Gasteiger partial charge in [0.05, 0.1) is 18.5 Å². The molecule has 7 nitrogen and oxygen atoms in total. The van der Waals surface area contributed by atoms with Crippen molar-refractivity contribution >= 4 is 12.1 Å². The predicted octanol–water partition coefficient (Wildman–Crippen LogP) is 3.20. The molecule has 4 aliphatic carbocycles. The number of hydrogen-bond acceptors (Lipinski definition) is 4. The molecule has 2 aromatic rings. The lowest BCUT2D eigenvalue weighted by Crippen LogP contribution is -2.61. The summed E-state index contributed by atoms with van der Waals surface area (Å²) >= 11 is 0. The maximum Gasteiger partial charge on any atom is 0.257 e. The molecule has 2 heterocycles. The van der Waals surface area contributed by atoms with Gasteiger partial charge < -0.3 is 10.4 Å². The Balaban J connectivity index is 1.42. The van der Waals surface area contributed by atoms with E-state index in [0.29, 0.717) is 29.1 Å². The highest BCUT2D eigenvalue weighted by Gasteiger charge is 2.55. The second-order valence-corrected chi connectivity index (χ2v) is 10.4. The highest BCUT2D eigenvalue weighted by molar-refractivity contribution is 5.97. The van der Waals surface area contributed by atoms with Crippen molar-refractivity contribution < 1.29 is 14.3 Å². The van der Waals surface area contributed by atoms with Crippen LogP contribution < -0.4 is 5.32 Å². The normalized spacial score (nSPS) is 32.1. The van der Waals surface area contributed by atoms with Gasteiger partial charge in [0.1, 0.15) is 5.56 Å². The first kappa shape index (κ1) is 20.4. The van der Waals surface area contributed by atoms with Gasteiger partial charge in [0, 0.05) is 30.1 Å². The summed E-state index contributed by atoms with van der Waals surface area (Å²) < 4.78 is 16.4. The number of carbonyl (C=O) groups is 1. The molecule has 6 rings (SSSR count). The van der Waals surface area contributed by atoms with Crippen LogP contribution in [0.15, 0.2) is 30.7 Å². The van der Waals surface area contributed by atoms with Crippen LogP contribution in [0.3, 0.4) is 0 Å². The molecule has 0 aromatic carbocycles. The Morgan fingerprint density at radius 1 is 1.32 bits per heavy atom. The number of amides is 1. The Hall–Kier alpha value is -2.48. The van der Waals surface area contributed by atoms with E-state index in [-0.39, 0.29) is 11.9 Å². The summed E-state index contributed by atoms with van der Waals surface area (Å²) in [6.07, 6.45) is 13.0. The minimum absolute atomic E-state index is 0.0826. The molecule has 2 unspecified atom stereocenters. The molecule has 31 heavy (non-hydrogen) atoms. The van der Waals surface area contributed by atoms with Crippen LogP contribution in [-0.4, -0.2) is 48.9 Å². The number of carbonyl (C=O) groups excluding carboxylic acids is 1. The lowest BCUT2D eigenvalue weighted by Gasteiger charge is -2.58. The SMILES string of the molecule is CC(C)(/C=C/n1ncc(C(=O)NC2C3CC4CC2CC(O)(C4)C3)c1-n1cccn1)CF. The zero-order valence-corrected chi connectivity index (χ0v) is 18.0. The van der Waals surface area contributed by atoms with Crippen LogP contribution in [0.4, 0.5) is 4.39 Å². The number of alkyl halides is 1. The second-order valence-electron chi connectivity index (χ2n) is 10.4. The molecule has 2 N–H and O–H groups in total. The number of halogens is 1. The van der Waals surface area contributed by atoms with Crippen molar-refractivity contribution in [1.82, 2.24) is 24.9 Å². The Morgan fingerprint density at radius 2 is 2.06 bits per heavy atom. The van der Waals surface area contributed by atoms with E-state index >= 15 is 0 Å². The van der Waals surface area contributed by atoms with Crippen LogP contribution in [0.1, 0.15) is 56.3 Å². The van der Waals surface area contributed by atoms with Gasteiger partial charge in [0.15, 0.2) is 5.82 Å². The molecule has 0 radical (unpaired) electrons. The molecule has 4 bridgehead atoms. The molecule has 4 aliphatic rings. The fourth-order valence-corrected chi connectivity index (χ4v) is 6.01. The Morgan fingerprint density at radius 3 is 2.68 bits per heavy atom. The van der Waals surface area contributed by atoms with Gasteiger partial charge in [-0.3, -0.25) is 9.18 Å². The summed E-state index contributed by atoms with van der Waals surface area (Å²) in [6.45, 7) is 3.11. The van der Waals surface area contributed by atoms with Crippen LogP contribution in [-0.2, 0) is 0 Å². The number of rotatable bonds is 6. The molecule has 2 aromatic heterocycles. The van der Waals surface area contributed by atoms with Crippen LogP contribution in [0.25, 0.3) is 12.0 Å². The van der Waals surface area contributed by atoms with Gasteiger partial charge in [-0.15, -0.1) is 0 Å². The van der Waals surface area contributed by atoms with Crippen LogP contribution >= 0.6 is 0 Å². The van der Waals surface area contributed by atoms with Crippen LogP contribution in [0, 0.1) is 23.2 Å². The molecule has 0 aliphatic heterocycles. The quantitative estimate of drug-likeness (QED) is 0.741. The van der Waals surface area contributed by atoms with Gasteiger partial charge in [-0.2, -0.15) is 10.2 Å². The van der Waals surface area contributed by atoms with Crippen molar-refractivity contribution in [1.29, 1.82) is 0 Å². The lowest BCUT2D eigenvalue weighted by atomic mass is 9.52. The summed E-state index contributed by atoms with van der Waals surface area (Å²) in [5.41, 5.74) is -0.730. The summed E-state index contributed by atoms with van der Waals surface area (Å²) in [6, 6.07) is 1.87.